The third-order valence-electron chi connectivity index (χ3n) is 6.05. The zero-order valence-corrected chi connectivity index (χ0v) is 19.3. The van der Waals surface area contributed by atoms with Crippen molar-refractivity contribution in [3.63, 3.8) is 0 Å². The summed E-state index contributed by atoms with van der Waals surface area (Å²) >= 11 is 0. The highest BCUT2D eigenvalue weighted by Crippen LogP contribution is 2.32. The molecule has 1 saturated heterocycles. The first kappa shape index (κ1) is 21.7. The van der Waals surface area contributed by atoms with Crippen molar-refractivity contribution < 1.29 is 9.47 Å². The number of nitrogens with zero attached hydrogens (tertiary/aromatic N) is 5. The number of ether oxygens (including phenoxy) is 2. The fourth-order valence-corrected chi connectivity index (χ4v) is 4.44. The van der Waals surface area contributed by atoms with Crippen LogP contribution in [0.1, 0.15) is 25.7 Å². The van der Waals surface area contributed by atoms with Crippen LogP contribution in [0.15, 0.2) is 35.3 Å². The van der Waals surface area contributed by atoms with Crippen molar-refractivity contribution in [1.29, 1.82) is 0 Å². The Labute approximate surface area is 185 Å². The predicted octanol–water partition coefficient (Wildman–Crippen LogP) is 3.24. The molecule has 7 nitrogen and oxygen atoms in total. The molecular formula is C24H35N5O2. The van der Waals surface area contributed by atoms with Gasteiger partial charge in [0.05, 0.1) is 19.3 Å². The minimum atomic E-state index is 0.185. The maximum absolute atomic E-state index is 6.51. The van der Waals surface area contributed by atoms with E-state index in [9.17, 15) is 0 Å². The van der Waals surface area contributed by atoms with E-state index in [0.717, 1.165) is 75.0 Å². The molecule has 1 aliphatic carbocycles. The van der Waals surface area contributed by atoms with E-state index < -0.39 is 0 Å². The van der Waals surface area contributed by atoms with E-state index in [0.29, 0.717) is 6.04 Å². The number of pyridine rings is 1. The summed E-state index contributed by atoms with van der Waals surface area (Å²) in [4.78, 5) is 16.4. The van der Waals surface area contributed by atoms with Crippen molar-refractivity contribution >= 4 is 22.5 Å². The average Bonchev–Trinajstić information content (AvgIpc) is 2.78. The first-order valence-electron chi connectivity index (χ1n) is 11.3. The van der Waals surface area contributed by atoms with Gasteiger partial charge >= 0.3 is 0 Å². The summed E-state index contributed by atoms with van der Waals surface area (Å²) in [5.41, 5.74) is 0. The van der Waals surface area contributed by atoms with Crippen LogP contribution in [0.3, 0.4) is 0 Å². The standard InChI is InChI=1S/C24H35N5O2/c1-27(2)24(28(3)4)25-19-9-11-20(12-10-19)31-23-21-8-6-5-7-18(21)17-22(26-23)29-13-15-30-16-14-29/h5-8,17,19-20H,9-16H2,1-4H3. The Morgan fingerprint density at radius 3 is 2.39 bits per heavy atom. The lowest BCUT2D eigenvalue weighted by molar-refractivity contribution is 0.122. The van der Waals surface area contributed by atoms with Crippen molar-refractivity contribution in [2.45, 2.75) is 37.8 Å². The van der Waals surface area contributed by atoms with Gasteiger partial charge in [-0.3, -0.25) is 0 Å². The minimum Gasteiger partial charge on any atom is -0.474 e. The molecule has 2 aliphatic rings. The molecule has 1 aliphatic heterocycles. The Hall–Kier alpha value is -2.54. The summed E-state index contributed by atoms with van der Waals surface area (Å²) in [6.07, 6.45) is 4.26. The number of guanidine groups is 1. The Morgan fingerprint density at radius 2 is 1.71 bits per heavy atom. The summed E-state index contributed by atoms with van der Waals surface area (Å²) in [5, 5.41) is 2.26. The fraction of sp³-hybridized carbons (Fsp3) is 0.583. The molecule has 2 fully saturated rings. The largest absolute Gasteiger partial charge is 0.474 e. The van der Waals surface area contributed by atoms with Crippen LogP contribution in [0.2, 0.25) is 0 Å². The number of hydrogen-bond acceptors (Lipinski definition) is 5. The monoisotopic (exact) mass is 425 g/mol. The van der Waals surface area contributed by atoms with E-state index in [2.05, 4.69) is 45.0 Å². The van der Waals surface area contributed by atoms with E-state index in [1.165, 1.54) is 5.39 Å². The van der Waals surface area contributed by atoms with Crippen LogP contribution in [-0.2, 0) is 4.74 Å². The summed E-state index contributed by atoms with van der Waals surface area (Å²) in [6, 6.07) is 10.9. The Morgan fingerprint density at radius 1 is 1.03 bits per heavy atom. The number of anilines is 1. The smallest absolute Gasteiger partial charge is 0.223 e. The third-order valence-corrected chi connectivity index (χ3v) is 6.05. The van der Waals surface area contributed by atoms with E-state index in [1.807, 2.05) is 28.2 Å². The van der Waals surface area contributed by atoms with Crippen LogP contribution in [0.5, 0.6) is 5.88 Å². The Kier molecular flexibility index (Phi) is 6.80. The van der Waals surface area contributed by atoms with Gasteiger partial charge in [-0.15, -0.1) is 0 Å². The molecule has 4 rings (SSSR count). The van der Waals surface area contributed by atoms with E-state index in [1.54, 1.807) is 0 Å². The van der Waals surface area contributed by atoms with Crippen molar-refractivity contribution in [3.05, 3.63) is 30.3 Å². The summed E-state index contributed by atoms with van der Waals surface area (Å²) in [5.74, 6) is 2.76. The molecule has 0 unspecified atom stereocenters. The van der Waals surface area contributed by atoms with Gasteiger partial charge in [0.25, 0.3) is 0 Å². The van der Waals surface area contributed by atoms with Gasteiger partial charge in [-0.2, -0.15) is 4.98 Å². The molecule has 0 N–H and O–H groups in total. The second-order valence-electron chi connectivity index (χ2n) is 8.87. The van der Waals surface area contributed by atoms with E-state index >= 15 is 0 Å². The maximum atomic E-state index is 6.51. The highest BCUT2D eigenvalue weighted by Gasteiger charge is 2.25. The van der Waals surface area contributed by atoms with Gasteiger partial charge < -0.3 is 24.2 Å². The first-order valence-corrected chi connectivity index (χ1v) is 11.3. The van der Waals surface area contributed by atoms with Crippen molar-refractivity contribution in [1.82, 2.24) is 14.8 Å². The Bertz CT molecular complexity index is 890. The number of aliphatic imine (C=N–C) groups is 1. The molecule has 1 aromatic heterocycles. The maximum Gasteiger partial charge on any atom is 0.223 e. The lowest BCUT2D eigenvalue weighted by Crippen LogP contribution is -2.37. The van der Waals surface area contributed by atoms with E-state index in [4.69, 9.17) is 19.5 Å². The number of rotatable bonds is 4. The molecule has 0 amide bonds. The summed E-state index contributed by atoms with van der Waals surface area (Å²) < 4.78 is 12.0. The molecule has 0 atom stereocenters. The Balaban J connectivity index is 1.48. The lowest BCUT2D eigenvalue weighted by atomic mass is 9.93. The van der Waals surface area contributed by atoms with Crippen LogP contribution < -0.4 is 9.64 Å². The number of aromatic nitrogens is 1. The summed E-state index contributed by atoms with van der Waals surface area (Å²) in [6.45, 7) is 3.23. The lowest BCUT2D eigenvalue weighted by Gasteiger charge is -2.31. The van der Waals surface area contributed by atoms with Crippen LogP contribution >= 0.6 is 0 Å². The number of morpholine rings is 1. The molecule has 7 heteroatoms. The molecule has 0 bridgehead atoms. The van der Waals surface area contributed by atoms with Crippen LogP contribution in [-0.4, -0.2) is 87.4 Å². The normalized spacial score (nSPS) is 21.6. The van der Waals surface area contributed by atoms with Gasteiger partial charge in [-0.1, -0.05) is 18.2 Å². The second-order valence-corrected chi connectivity index (χ2v) is 8.87. The zero-order chi connectivity index (χ0) is 21.8. The quantitative estimate of drug-likeness (QED) is 0.554. The van der Waals surface area contributed by atoms with Crippen LogP contribution in [0, 0.1) is 0 Å². The second kappa shape index (κ2) is 9.73. The molecule has 1 aromatic carbocycles. The first-order chi connectivity index (χ1) is 15.0. The number of hydrogen-bond donors (Lipinski definition) is 0. The van der Waals surface area contributed by atoms with Crippen molar-refractivity contribution in [2.24, 2.45) is 4.99 Å². The van der Waals surface area contributed by atoms with Crippen molar-refractivity contribution in [3.8, 4) is 5.88 Å². The highest BCUT2D eigenvalue weighted by atomic mass is 16.5. The molecular weight excluding hydrogens is 390 g/mol. The minimum absolute atomic E-state index is 0.185. The number of fused-ring (bicyclic) bond motifs is 1. The topological polar surface area (TPSA) is 53.4 Å². The summed E-state index contributed by atoms with van der Waals surface area (Å²) in [7, 11) is 8.19. The van der Waals surface area contributed by atoms with Gasteiger partial charge in [-0.25, -0.2) is 4.99 Å². The molecule has 0 spiro atoms. The van der Waals surface area contributed by atoms with E-state index in [-0.39, 0.29) is 6.10 Å². The van der Waals surface area contributed by atoms with Crippen LogP contribution in [0.25, 0.3) is 10.8 Å². The van der Waals surface area contributed by atoms with Crippen molar-refractivity contribution in [2.75, 3.05) is 59.4 Å². The molecule has 1 saturated carbocycles. The van der Waals surface area contributed by atoms with Gasteiger partial charge in [-0.05, 0) is 43.2 Å². The molecule has 2 heterocycles. The SMILES string of the molecule is CN(C)C(=NC1CCC(Oc2nc(N3CCOCC3)cc3ccccc23)CC1)N(C)C. The highest BCUT2D eigenvalue weighted by molar-refractivity contribution is 5.89. The molecule has 31 heavy (non-hydrogen) atoms. The third kappa shape index (κ3) is 5.21. The van der Waals surface area contributed by atoms with Gasteiger partial charge in [0.1, 0.15) is 11.9 Å². The number of benzene rings is 1. The van der Waals surface area contributed by atoms with Crippen LogP contribution in [0.4, 0.5) is 5.82 Å². The fourth-order valence-electron chi connectivity index (χ4n) is 4.44. The molecule has 168 valence electrons. The van der Waals surface area contributed by atoms with Gasteiger partial charge in [0, 0.05) is 46.7 Å². The molecule has 2 aromatic rings. The predicted molar refractivity (Wildman–Crippen MR) is 126 cm³/mol. The molecule has 0 radical (unpaired) electrons. The van der Waals surface area contributed by atoms with Gasteiger partial charge in [0.15, 0.2) is 5.96 Å². The average molecular weight is 426 g/mol. The van der Waals surface area contributed by atoms with Gasteiger partial charge in [0.2, 0.25) is 5.88 Å². The zero-order valence-electron chi connectivity index (χ0n) is 19.3.